The summed E-state index contributed by atoms with van der Waals surface area (Å²) in [5, 5.41) is 8.92. The summed E-state index contributed by atoms with van der Waals surface area (Å²) in [4.78, 5) is 10.5. The fourth-order valence-electron chi connectivity index (χ4n) is 1.56. The van der Waals surface area contributed by atoms with Crippen LogP contribution in [-0.4, -0.2) is 13.4 Å². The number of aldehydes is 1. The van der Waals surface area contributed by atoms with Crippen molar-refractivity contribution in [3.63, 3.8) is 0 Å². The van der Waals surface area contributed by atoms with Gasteiger partial charge in [-0.3, -0.25) is 4.79 Å². The Morgan fingerprint density at radius 2 is 1.74 bits per heavy atom. The minimum atomic E-state index is 0.457. The number of ether oxygens (including phenoxy) is 2. The molecule has 0 radical (unpaired) electrons. The number of hydrogen-bond donors (Lipinski definition) is 0. The van der Waals surface area contributed by atoms with Crippen LogP contribution in [0.1, 0.15) is 15.9 Å². The van der Waals surface area contributed by atoms with Gasteiger partial charge in [-0.15, -0.1) is 0 Å². The SMILES string of the molecule is COc1cc(C#N)cc(Oc2ccc(C=O)cc2)c1. The molecule has 0 fully saturated rings. The Balaban J connectivity index is 2.26. The minimum Gasteiger partial charge on any atom is -0.497 e. The standard InChI is InChI=1S/C15H11NO3/c1-18-14-6-12(9-16)7-15(8-14)19-13-4-2-11(10-17)3-5-13/h2-8,10H,1H3. The van der Waals surface area contributed by atoms with Crippen LogP contribution >= 0.6 is 0 Å². The number of hydrogen-bond acceptors (Lipinski definition) is 4. The molecular formula is C15H11NO3. The van der Waals surface area contributed by atoms with E-state index in [1.165, 1.54) is 7.11 Å². The van der Waals surface area contributed by atoms with Gasteiger partial charge >= 0.3 is 0 Å². The van der Waals surface area contributed by atoms with Gasteiger partial charge in [-0.1, -0.05) is 0 Å². The van der Waals surface area contributed by atoms with Gasteiger partial charge in [-0.25, -0.2) is 0 Å². The molecule has 0 aromatic heterocycles. The number of nitrogens with zero attached hydrogens (tertiary/aromatic N) is 1. The van der Waals surface area contributed by atoms with Crippen molar-refractivity contribution in [2.45, 2.75) is 0 Å². The van der Waals surface area contributed by atoms with Crippen molar-refractivity contribution in [2.24, 2.45) is 0 Å². The predicted molar refractivity (Wildman–Crippen MR) is 69.6 cm³/mol. The molecule has 0 spiro atoms. The van der Waals surface area contributed by atoms with Gasteiger partial charge in [0.05, 0.1) is 18.7 Å². The first-order valence-corrected chi connectivity index (χ1v) is 5.57. The third-order valence-electron chi connectivity index (χ3n) is 2.50. The molecule has 0 atom stereocenters. The van der Waals surface area contributed by atoms with Crippen LogP contribution in [0.4, 0.5) is 0 Å². The van der Waals surface area contributed by atoms with Gasteiger partial charge in [0.2, 0.25) is 0 Å². The summed E-state index contributed by atoms with van der Waals surface area (Å²) in [5.74, 6) is 1.65. The summed E-state index contributed by atoms with van der Waals surface area (Å²) >= 11 is 0. The molecule has 19 heavy (non-hydrogen) atoms. The molecule has 2 aromatic rings. The molecule has 0 aliphatic carbocycles. The molecule has 94 valence electrons. The molecule has 0 saturated carbocycles. The van der Waals surface area contributed by atoms with Crippen LogP contribution in [0.25, 0.3) is 0 Å². The number of benzene rings is 2. The largest absolute Gasteiger partial charge is 0.497 e. The molecule has 0 N–H and O–H groups in total. The first kappa shape index (κ1) is 12.7. The third-order valence-corrected chi connectivity index (χ3v) is 2.50. The highest BCUT2D eigenvalue weighted by atomic mass is 16.5. The maximum absolute atomic E-state index is 10.5. The lowest BCUT2D eigenvalue weighted by Crippen LogP contribution is -1.89. The molecule has 0 aliphatic heterocycles. The summed E-state index contributed by atoms with van der Waals surface area (Å²) in [6.07, 6.45) is 0.767. The molecule has 2 rings (SSSR count). The van der Waals surface area contributed by atoms with Gasteiger partial charge in [0.1, 0.15) is 23.5 Å². The molecular weight excluding hydrogens is 242 g/mol. The topological polar surface area (TPSA) is 59.3 Å². The van der Waals surface area contributed by atoms with Crippen molar-refractivity contribution in [2.75, 3.05) is 7.11 Å². The van der Waals surface area contributed by atoms with Crippen LogP contribution in [0.5, 0.6) is 17.2 Å². The van der Waals surface area contributed by atoms with Crippen molar-refractivity contribution in [3.8, 4) is 23.3 Å². The van der Waals surface area contributed by atoms with E-state index in [4.69, 9.17) is 14.7 Å². The third kappa shape index (κ3) is 3.11. The van der Waals surface area contributed by atoms with Gasteiger partial charge in [-0.05, 0) is 36.4 Å². The minimum absolute atomic E-state index is 0.457. The number of methoxy groups -OCH3 is 1. The highest BCUT2D eigenvalue weighted by Crippen LogP contribution is 2.27. The Kier molecular flexibility index (Phi) is 3.79. The second kappa shape index (κ2) is 5.69. The van der Waals surface area contributed by atoms with Gasteiger partial charge in [0, 0.05) is 11.6 Å². The van der Waals surface area contributed by atoms with Crippen LogP contribution in [0.3, 0.4) is 0 Å². The van der Waals surface area contributed by atoms with E-state index in [0.717, 1.165) is 6.29 Å². The summed E-state index contributed by atoms with van der Waals surface area (Å²) in [7, 11) is 1.53. The fourth-order valence-corrected chi connectivity index (χ4v) is 1.56. The van der Waals surface area contributed by atoms with Gasteiger partial charge in [0.15, 0.2) is 0 Å². The summed E-state index contributed by atoms with van der Waals surface area (Å²) in [6.45, 7) is 0. The van der Waals surface area contributed by atoms with E-state index in [0.29, 0.717) is 28.4 Å². The number of rotatable bonds is 4. The maximum atomic E-state index is 10.5. The lowest BCUT2D eigenvalue weighted by molar-refractivity contribution is 0.112. The monoisotopic (exact) mass is 253 g/mol. The van der Waals surface area contributed by atoms with Gasteiger partial charge in [0.25, 0.3) is 0 Å². The van der Waals surface area contributed by atoms with Crippen molar-refractivity contribution >= 4 is 6.29 Å². The average Bonchev–Trinajstić information content (AvgIpc) is 2.47. The molecule has 4 heteroatoms. The Hall–Kier alpha value is -2.80. The summed E-state index contributed by atoms with van der Waals surface area (Å²) < 4.78 is 10.7. The van der Waals surface area contributed by atoms with E-state index in [1.807, 2.05) is 6.07 Å². The number of nitriles is 1. The lowest BCUT2D eigenvalue weighted by Gasteiger charge is -2.08. The second-order valence-electron chi connectivity index (χ2n) is 3.80. The second-order valence-corrected chi connectivity index (χ2v) is 3.80. The first-order valence-electron chi connectivity index (χ1n) is 5.57. The van der Waals surface area contributed by atoms with E-state index in [1.54, 1.807) is 42.5 Å². The van der Waals surface area contributed by atoms with E-state index in [-0.39, 0.29) is 0 Å². The van der Waals surface area contributed by atoms with Gasteiger partial charge in [-0.2, -0.15) is 5.26 Å². The molecule has 0 unspecified atom stereocenters. The zero-order valence-electron chi connectivity index (χ0n) is 10.3. The maximum Gasteiger partial charge on any atom is 0.150 e. The normalized spacial score (nSPS) is 9.47. The highest BCUT2D eigenvalue weighted by Gasteiger charge is 2.03. The van der Waals surface area contributed by atoms with Crippen LogP contribution in [-0.2, 0) is 0 Å². The highest BCUT2D eigenvalue weighted by molar-refractivity contribution is 5.74. The van der Waals surface area contributed by atoms with Crippen molar-refractivity contribution in [1.29, 1.82) is 5.26 Å². The molecule has 0 bridgehead atoms. The average molecular weight is 253 g/mol. The Bertz CT molecular complexity index is 627. The predicted octanol–water partition coefficient (Wildman–Crippen LogP) is 3.17. The molecule has 0 heterocycles. The number of carbonyl (C=O) groups excluding carboxylic acids is 1. The summed E-state index contributed by atoms with van der Waals surface area (Å²) in [6, 6.07) is 13.7. The lowest BCUT2D eigenvalue weighted by atomic mass is 10.2. The van der Waals surface area contributed by atoms with E-state index in [9.17, 15) is 4.79 Å². The zero-order valence-corrected chi connectivity index (χ0v) is 10.3. The van der Waals surface area contributed by atoms with Crippen molar-refractivity contribution in [1.82, 2.24) is 0 Å². The first-order chi connectivity index (χ1) is 9.25. The quantitative estimate of drug-likeness (QED) is 0.785. The Labute approximate surface area is 110 Å². The van der Waals surface area contributed by atoms with Gasteiger partial charge < -0.3 is 9.47 Å². The van der Waals surface area contributed by atoms with Crippen LogP contribution in [0, 0.1) is 11.3 Å². The Morgan fingerprint density at radius 3 is 2.32 bits per heavy atom. The smallest absolute Gasteiger partial charge is 0.150 e. The van der Waals surface area contributed by atoms with Crippen LogP contribution < -0.4 is 9.47 Å². The van der Waals surface area contributed by atoms with Crippen LogP contribution in [0.2, 0.25) is 0 Å². The zero-order chi connectivity index (χ0) is 13.7. The molecule has 4 nitrogen and oxygen atoms in total. The molecule has 0 amide bonds. The van der Waals surface area contributed by atoms with E-state index >= 15 is 0 Å². The fraction of sp³-hybridized carbons (Fsp3) is 0.0667. The molecule has 0 saturated heterocycles. The Morgan fingerprint density at radius 1 is 1.05 bits per heavy atom. The molecule has 0 aliphatic rings. The van der Waals surface area contributed by atoms with Crippen LogP contribution in [0.15, 0.2) is 42.5 Å². The van der Waals surface area contributed by atoms with E-state index < -0.39 is 0 Å². The molecule has 2 aromatic carbocycles. The summed E-state index contributed by atoms with van der Waals surface area (Å²) in [5.41, 5.74) is 1.04. The van der Waals surface area contributed by atoms with E-state index in [2.05, 4.69) is 0 Å². The number of carbonyl (C=O) groups is 1. The van der Waals surface area contributed by atoms with Crippen molar-refractivity contribution < 1.29 is 14.3 Å². The van der Waals surface area contributed by atoms with Crippen molar-refractivity contribution in [3.05, 3.63) is 53.6 Å².